The van der Waals surface area contributed by atoms with Crippen LogP contribution in [0.4, 0.5) is 0 Å². The summed E-state index contributed by atoms with van der Waals surface area (Å²) < 4.78 is 5.64. The van der Waals surface area contributed by atoms with Gasteiger partial charge in [-0.2, -0.15) is 5.26 Å². The molecule has 0 unspecified atom stereocenters. The maximum Gasteiger partial charge on any atom is 0.149 e. The zero-order valence-electron chi connectivity index (χ0n) is 15.2. The lowest BCUT2D eigenvalue weighted by Gasteiger charge is -2.11. The van der Waals surface area contributed by atoms with Crippen LogP contribution >= 0.6 is 11.6 Å². The number of halogens is 1. The molecule has 0 saturated heterocycles. The van der Waals surface area contributed by atoms with Crippen molar-refractivity contribution in [2.24, 2.45) is 0 Å². The third kappa shape index (κ3) is 3.74. The Morgan fingerprint density at radius 3 is 2.62 bits per heavy atom. The molecule has 1 aromatic heterocycles. The molecule has 1 N–H and O–H groups in total. The first-order valence-corrected chi connectivity index (χ1v) is 8.80. The summed E-state index contributed by atoms with van der Waals surface area (Å²) in [5, 5.41) is 10.1. The summed E-state index contributed by atoms with van der Waals surface area (Å²) >= 11 is 6.28. The number of benzene rings is 2. The van der Waals surface area contributed by atoms with E-state index in [1.165, 1.54) is 11.1 Å². The van der Waals surface area contributed by atoms with Crippen LogP contribution in [0.3, 0.4) is 0 Å². The van der Waals surface area contributed by atoms with Crippen molar-refractivity contribution >= 4 is 34.3 Å². The van der Waals surface area contributed by atoms with Gasteiger partial charge in [0, 0.05) is 0 Å². The standard InChI is InChI=1S/C21H20ClN3O/c1-12(2)26-20-6-5-15(10-17(20)22)9-16(11-23)21-24-18-7-13(3)14(4)8-19(18)25-21/h5-10,12H,1-4H3,(H,24,25)/b16-9-. The van der Waals surface area contributed by atoms with E-state index in [1.54, 1.807) is 12.1 Å². The molecule has 0 radical (unpaired) electrons. The number of nitriles is 1. The second-order valence-electron chi connectivity index (χ2n) is 6.57. The Labute approximate surface area is 158 Å². The number of hydrogen-bond acceptors (Lipinski definition) is 3. The van der Waals surface area contributed by atoms with Gasteiger partial charge in [-0.1, -0.05) is 17.7 Å². The summed E-state index contributed by atoms with van der Waals surface area (Å²) in [6.45, 7) is 8.00. The Bertz CT molecular complexity index is 1000. The van der Waals surface area contributed by atoms with E-state index in [9.17, 15) is 5.26 Å². The third-order valence-corrected chi connectivity index (χ3v) is 4.40. The van der Waals surface area contributed by atoms with Gasteiger partial charge < -0.3 is 9.72 Å². The van der Waals surface area contributed by atoms with Gasteiger partial charge in [-0.05, 0) is 74.7 Å². The highest BCUT2D eigenvalue weighted by molar-refractivity contribution is 6.32. The van der Waals surface area contributed by atoms with Crippen molar-refractivity contribution in [2.75, 3.05) is 0 Å². The molecule has 0 aliphatic carbocycles. The van der Waals surface area contributed by atoms with Crippen LogP contribution in [0.1, 0.15) is 36.4 Å². The number of H-pyrrole nitrogens is 1. The molecule has 0 aliphatic rings. The molecular weight excluding hydrogens is 346 g/mol. The first-order chi connectivity index (χ1) is 12.4. The minimum Gasteiger partial charge on any atom is -0.489 e. The van der Waals surface area contributed by atoms with Crippen molar-refractivity contribution in [1.29, 1.82) is 5.26 Å². The Hall–Kier alpha value is -2.77. The zero-order chi connectivity index (χ0) is 18.8. The molecule has 26 heavy (non-hydrogen) atoms. The summed E-state index contributed by atoms with van der Waals surface area (Å²) in [6.07, 6.45) is 1.81. The van der Waals surface area contributed by atoms with Crippen LogP contribution < -0.4 is 4.74 Å². The van der Waals surface area contributed by atoms with Crippen molar-refractivity contribution < 1.29 is 4.74 Å². The van der Waals surface area contributed by atoms with E-state index in [1.807, 2.05) is 45.0 Å². The first-order valence-electron chi connectivity index (χ1n) is 8.42. The fourth-order valence-corrected chi connectivity index (χ4v) is 2.91. The van der Waals surface area contributed by atoms with Crippen LogP contribution in [0.5, 0.6) is 5.75 Å². The average Bonchev–Trinajstić information content (AvgIpc) is 2.97. The zero-order valence-corrected chi connectivity index (χ0v) is 16.0. The lowest BCUT2D eigenvalue weighted by molar-refractivity contribution is 0.242. The molecule has 2 aromatic carbocycles. The summed E-state index contributed by atoms with van der Waals surface area (Å²) in [6, 6.07) is 11.8. The van der Waals surface area contributed by atoms with E-state index >= 15 is 0 Å². The highest BCUT2D eigenvalue weighted by atomic mass is 35.5. The maximum absolute atomic E-state index is 9.58. The molecule has 0 fully saturated rings. The number of ether oxygens (including phenoxy) is 1. The average molecular weight is 366 g/mol. The molecule has 4 nitrogen and oxygen atoms in total. The number of hydrogen-bond donors (Lipinski definition) is 1. The molecule has 0 aliphatic heterocycles. The number of nitrogens with one attached hydrogen (secondary N) is 1. The van der Waals surface area contributed by atoms with Crippen LogP contribution in [-0.4, -0.2) is 16.1 Å². The van der Waals surface area contributed by atoms with Crippen molar-refractivity contribution in [3.8, 4) is 11.8 Å². The third-order valence-electron chi connectivity index (χ3n) is 4.10. The quantitative estimate of drug-likeness (QED) is 0.604. The van der Waals surface area contributed by atoms with Gasteiger partial charge in [-0.3, -0.25) is 0 Å². The second kappa shape index (κ2) is 7.23. The van der Waals surface area contributed by atoms with Crippen molar-refractivity contribution in [3.63, 3.8) is 0 Å². The largest absolute Gasteiger partial charge is 0.489 e. The molecule has 5 heteroatoms. The number of rotatable bonds is 4. The highest BCUT2D eigenvalue weighted by Gasteiger charge is 2.10. The van der Waals surface area contributed by atoms with Gasteiger partial charge in [-0.25, -0.2) is 4.98 Å². The highest BCUT2D eigenvalue weighted by Crippen LogP contribution is 2.28. The van der Waals surface area contributed by atoms with Crippen molar-refractivity contribution in [1.82, 2.24) is 9.97 Å². The number of aromatic nitrogens is 2. The monoisotopic (exact) mass is 365 g/mol. The molecule has 0 amide bonds. The van der Waals surface area contributed by atoms with Crippen molar-refractivity contribution in [3.05, 3.63) is 57.9 Å². The number of allylic oxidation sites excluding steroid dienone is 1. The smallest absolute Gasteiger partial charge is 0.149 e. The Kier molecular flexibility index (Phi) is 5.01. The van der Waals surface area contributed by atoms with E-state index in [0.29, 0.717) is 22.2 Å². The second-order valence-corrected chi connectivity index (χ2v) is 6.97. The van der Waals surface area contributed by atoms with E-state index in [-0.39, 0.29) is 6.10 Å². The van der Waals surface area contributed by atoms with E-state index < -0.39 is 0 Å². The Balaban J connectivity index is 1.98. The van der Waals surface area contributed by atoms with E-state index in [2.05, 4.69) is 23.0 Å². The molecule has 0 spiro atoms. The molecule has 0 saturated carbocycles. The number of nitrogens with zero attached hydrogens (tertiary/aromatic N) is 2. The number of aryl methyl sites for hydroxylation is 2. The van der Waals surface area contributed by atoms with Gasteiger partial charge in [0.15, 0.2) is 0 Å². The maximum atomic E-state index is 9.58. The molecule has 3 rings (SSSR count). The van der Waals surface area contributed by atoms with Crippen LogP contribution in [-0.2, 0) is 0 Å². The summed E-state index contributed by atoms with van der Waals surface area (Å²) in [4.78, 5) is 7.78. The lowest BCUT2D eigenvalue weighted by atomic mass is 10.1. The number of fused-ring (bicyclic) bond motifs is 1. The van der Waals surface area contributed by atoms with Gasteiger partial charge in [0.2, 0.25) is 0 Å². The van der Waals surface area contributed by atoms with Crippen LogP contribution in [0.25, 0.3) is 22.7 Å². The van der Waals surface area contributed by atoms with Gasteiger partial charge >= 0.3 is 0 Å². The SMILES string of the molecule is Cc1cc2nc(/C(C#N)=C\c3ccc(OC(C)C)c(Cl)c3)[nH]c2cc1C. The number of aromatic amines is 1. The molecular formula is C21H20ClN3O. The minimum atomic E-state index is 0.0472. The van der Waals surface area contributed by atoms with Crippen LogP contribution in [0.15, 0.2) is 30.3 Å². The molecule has 1 heterocycles. The molecule has 132 valence electrons. The predicted octanol–water partition coefficient (Wildman–Crippen LogP) is 5.68. The summed E-state index contributed by atoms with van der Waals surface area (Å²) in [7, 11) is 0. The number of imidazole rings is 1. The van der Waals surface area contributed by atoms with Gasteiger partial charge in [-0.15, -0.1) is 0 Å². The Morgan fingerprint density at radius 2 is 1.96 bits per heavy atom. The van der Waals surface area contributed by atoms with Crippen LogP contribution in [0.2, 0.25) is 5.02 Å². The minimum absolute atomic E-state index is 0.0472. The van der Waals surface area contributed by atoms with Crippen LogP contribution in [0, 0.1) is 25.2 Å². The molecule has 0 bridgehead atoms. The van der Waals surface area contributed by atoms with Gasteiger partial charge in [0.1, 0.15) is 17.6 Å². The van der Waals surface area contributed by atoms with Gasteiger partial charge in [0.05, 0.1) is 27.7 Å². The Morgan fingerprint density at radius 1 is 1.23 bits per heavy atom. The van der Waals surface area contributed by atoms with E-state index in [4.69, 9.17) is 16.3 Å². The topological polar surface area (TPSA) is 61.7 Å². The van der Waals surface area contributed by atoms with Crippen molar-refractivity contribution in [2.45, 2.75) is 33.8 Å². The lowest BCUT2D eigenvalue weighted by Crippen LogP contribution is -2.05. The van der Waals surface area contributed by atoms with Gasteiger partial charge in [0.25, 0.3) is 0 Å². The first kappa shape index (κ1) is 18.0. The summed E-state index contributed by atoms with van der Waals surface area (Å²) in [5.74, 6) is 1.18. The normalized spacial score (nSPS) is 11.8. The fraction of sp³-hybridized carbons (Fsp3) is 0.238. The molecule has 3 aromatic rings. The fourth-order valence-electron chi connectivity index (χ4n) is 2.67. The summed E-state index contributed by atoms with van der Waals surface area (Å²) in [5.41, 5.74) is 5.39. The predicted molar refractivity (Wildman–Crippen MR) is 106 cm³/mol. The van der Waals surface area contributed by atoms with E-state index in [0.717, 1.165) is 16.6 Å². The molecule has 0 atom stereocenters.